The number of aliphatic carboxylic acids is 1. The van der Waals surface area contributed by atoms with Gasteiger partial charge in [-0.2, -0.15) is 0 Å². The Kier molecular flexibility index (Phi) is 3.80. The monoisotopic (exact) mass is 371 g/mol. The molecule has 0 fully saturated rings. The first kappa shape index (κ1) is 16.2. The molecule has 0 saturated heterocycles. The third kappa shape index (κ3) is 2.64. The summed E-state index contributed by atoms with van der Waals surface area (Å²) in [4.78, 5) is 17.0. The zero-order valence-corrected chi connectivity index (χ0v) is 15.3. The van der Waals surface area contributed by atoms with E-state index in [-0.39, 0.29) is 5.92 Å². The van der Waals surface area contributed by atoms with Gasteiger partial charge in [0.25, 0.3) is 0 Å². The molecule has 1 aliphatic rings. The smallest absolute Gasteiger partial charge is 0.307 e. The van der Waals surface area contributed by atoms with Gasteiger partial charge >= 0.3 is 5.97 Å². The molecule has 0 amide bonds. The number of carboxylic acid groups (broad SMARTS) is 1. The van der Waals surface area contributed by atoms with E-state index >= 15 is 0 Å². The summed E-state index contributed by atoms with van der Waals surface area (Å²) in [6.07, 6.45) is 0.433. The quantitative estimate of drug-likeness (QED) is 0.526. The van der Waals surface area contributed by atoms with Crippen molar-refractivity contribution in [2.75, 3.05) is 0 Å². The lowest BCUT2D eigenvalue weighted by molar-refractivity contribution is -0.142. The Morgan fingerprint density at radius 3 is 2.15 bits per heavy atom. The average Bonchev–Trinajstić information content (AvgIpc) is 3.24. The van der Waals surface area contributed by atoms with Crippen LogP contribution in [0.4, 0.5) is 0 Å². The molecule has 0 unspecified atom stereocenters. The van der Waals surface area contributed by atoms with Crippen LogP contribution in [0.5, 0.6) is 0 Å². The van der Waals surface area contributed by atoms with Gasteiger partial charge in [-0.3, -0.25) is 4.79 Å². The number of benzene rings is 3. The zero-order chi connectivity index (χ0) is 18.4. The van der Waals surface area contributed by atoms with Crippen molar-refractivity contribution in [1.82, 2.24) is 4.98 Å². The van der Waals surface area contributed by atoms with Gasteiger partial charge in [-0.1, -0.05) is 60.7 Å². The van der Waals surface area contributed by atoms with Gasteiger partial charge in [-0.05, 0) is 34.4 Å². The topological polar surface area (TPSA) is 50.2 Å². The molecule has 4 aromatic rings. The molecule has 27 heavy (non-hydrogen) atoms. The molecule has 3 nitrogen and oxygen atoms in total. The Bertz CT molecular complexity index is 1090. The van der Waals surface area contributed by atoms with Gasteiger partial charge in [0.2, 0.25) is 0 Å². The van der Waals surface area contributed by atoms with Crippen LogP contribution in [0.2, 0.25) is 0 Å². The lowest BCUT2D eigenvalue weighted by Gasteiger charge is -2.21. The molecule has 3 aromatic carbocycles. The number of hydrogen-bond acceptors (Lipinski definition) is 3. The number of carboxylic acids is 1. The molecule has 1 atom stereocenters. The molecule has 1 N–H and O–H groups in total. The first-order valence-corrected chi connectivity index (χ1v) is 9.79. The van der Waals surface area contributed by atoms with Crippen molar-refractivity contribution in [2.45, 2.75) is 12.3 Å². The van der Waals surface area contributed by atoms with E-state index < -0.39 is 11.9 Å². The summed E-state index contributed by atoms with van der Waals surface area (Å²) < 4.78 is 1.10. The minimum absolute atomic E-state index is 0.151. The van der Waals surface area contributed by atoms with Crippen molar-refractivity contribution in [1.29, 1.82) is 0 Å². The van der Waals surface area contributed by atoms with Crippen molar-refractivity contribution in [3.05, 3.63) is 88.9 Å². The fourth-order valence-corrected chi connectivity index (χ4v) is 5.20. The molecule has 1 heterocycles. The highest BCUT2D eigenvalue weighted by molar-refractivity contribution is 7.18. The van der Waals surface area contributed by atoms with Crippen molar-refractivity contribution >= 4 is 27.5 Å². The highest BCUT2D eigenvalue weighted by atomic mass is 32.1. The molecule has 1 aliphatic carbocycles. The van der Waals surface area contributed by atoms with Gasteiger partial charge in [0.1, 0.15) is 0 Å². The van der Waals surface area contributed by atoms with Crippen molar-refractivity contribution < 1.29 is 9.90 Å². The first-order chi connectivity index (χ1) is 13.2. The maximum Gasteiger partial charge on any atom is 0.307 e. The largest absolute Gasteiger partial charge is 0.481 e. The zero-order valence-electron chi connectivity index (χ0n) is 14.5. The summed E-state index contributed by atoms with van der Waals surface area (Å²) >= 11 is 1.59. The first-order valence-electron chi connectivity index (χ1n) is 8.98. The third-order valence-corrected chi connectivity index (χ3v) is 6.39. The minimum atomic E-state index is -0.772. The molecule has 1 aromatic heterocycles. The maximum atomic E-state index is 12.3. The van der Waals surface area contributed by atoms with E-state index in [0.29, 0.717) is 6.42 Å². The summed E-state index contributed by atoms with van der Waals surface area (Å²) in [6.45, 7) is 0. The molecular formula is C23H17NO2S. The maximum absolute atomic E-state index is 12.3. The highest BCUT2D eigenvalue weighted by Crippen LogP contribution is 2.49. The van der Waals surface area contributed by atoms with Crippen LogP contribution in [0.3, 0.4) is 0 Å². The van der Waals surface area contributed by atoms with Crippen LogP contribution in [0.15, 0.2) is 72.8 Å². The number of nitrogens with zero attached hydrogens (tertiary/aromatic N) is 1. The summed E-state index contributed by atoms with van der Waals surface area (Å²) in [7, 11) is 0. The van der Waals surface area contributed by atoms with Crippen LogP contribution < -0.4 is 0 Å². The van der Waals surface area contributed by atoms with Crippen LogP contribution in [-0.2, 0) is 11.2 Å². The lowest BCUT2D eigenvalue weighted by atomic mass is 9.82. The minimum Gasteiger partial charge on any atom is -0.481 e. The summed E-state index contributed by atoms with van der Waals surface area (Å²) in [5.74, 6) is -1.47. The van der Waals surface area contributed by atoms with Gasteiger partial charge < -0.3 is 5.11 Å². The Balaban J connectivity index is 1.60. The molecular weight excluding hydrogens is 354 g/mol. The van der Waals surface area contributed by atoms with E-state index in [1.165, 1.54) is 0 Å². The van der Waals surface area contributed by atoms with Crippen LogP contribution in [-0.4, -0.2) is 16.1 Å². The van der Waals surface area contributed by atoms with Gasteiger partial charge in [0, 0.05) is 12.3 Å². The van der Waals surface area contributed by atoms with E-state index in [4.69, 9.17) is 0 Å². The Morgan fingerprint density at radius 1 is 0.926 bits per heavy atom. The standard InChI is InChI=1S/C23H17NO2S/c25-23(26)18(13-21-24-19-11-5-6-12-20(19)27-21)22-16-9-3-1-7-14(16)15-8-2-4-10-17(15)22/h1-12,18,22H,13H2,(H,25,26)/t18-/m1/s1. The van der Waals surface area contributed by atoms with Gasteiger partial charge in [-0.25, -0.2) is 4.98 Å². The van der Waals surface area contributed by atoms with E-state index in [0.717, 1.165) is 37.5 Å². The number of thiazole rings is 1. The van der Waals surface area contributed by atoms with E-state index in [1.54, 1.807) is 11.3 Å². The van der Waals surface area contributed by atoms with E-state index in [2.05, 4.69) is 29.2 Å². The number of hydrogen-bond donors (Lipinski definition) is 1. The van der Waals surface area contributed by atoms with E-state index in [1.807, 2.05) is 48.5 Å². The highest BCUT2D eigenvalue weighted by Gasteiger charge is 2.38. The molecule has 132 valence electrons. The molecule has 0 saturated carbocycles. The Hall–Kier alpha value is -2.98. The van der Waals surface area contributed by atoms with Gasteiger partial charge in [-0.15, -0.1) is 11.3 Å². The summed E-state index contributed by atoms with van der Waals surface area (Å²) in [5, 5.41) is 11.0. The molecule has 0 aliphatic heterocycles. The summed E-state index contributed by atoms with van der Waals surface area (Å²) in [5.41, 5.74) is 5.44. The number of aromatic nitrogens is 1. The fraction of sp³-hybridized carbons (Fsp3) is 0.130. The van der Waals surface area contributed by atoms with Crippen molar-refractivity contribution in [2.24, 2.45) is 5.92 Å². The Labute approximate surface area is 160 Å². The number of para-hydroxylation sites is 1. The van der Waals surface area contributed by atoms with Crippen LogP contribution in [0, 0.1) is 5.92 Å². The fourth-order valence-electron chi connectivity index (χ4n) is 4.17. The number of fused-ring (bicyclic) bond motifs is 4. The van der Waals surface area contributed by atoms with Crippen LogP contribution in [0.25, 0.3) is 21.3 Å². The predicted molar refractivity (Wildman–Crippen MR) is 108 cm³/mol. The molecule has 4 heteroatoms. The van der Waals surface area contributed by atoms with Crippen LogP contribution in [0.1, 0.15) is 22.1 Å². The third-order valence-electron chi connectivity index (χ3n) is 5.33. The molecule has 0 spiro atoms. The molecule has 0 radical (unpaired) electrons. The molecule has 0 bridgehead atoms. The normalized spacial score (nSPS) is 14.1. The Morgan fingerprint density at radius 2 is 1.52 bits per heavy atom. The number of carbonyl (C=O) groups is 1. The molecule has 5 rings (SSSR count). The number of rotatable bonds is 4. The average molecular weight is 371 g/mol. The second-order valence-electron chi connectivity index (χ2n) is 6.88. The van der Waals surface area contributed by atoms with Gasteiger partial charge in [0.15, 0.2) is 0 Å². The predicted octanol–water partition coefficient (Wildman–Crippen LogP) is 5.35. The van der Waals surface area contributed by atoms with Crippen molar-refractivity contribution in [3.63, 3.8) is 0 Å². The van der Waals surface area contributed by atoms with Crippen LogP contribution >= 0.6 is 11.3 Å². The second-order valence-corrected chi connectivity index (χ2v) is 7.99. The SMILES string of the molecule is O=C(O)[C@H](Cc1nc2ccccc2s1)C1c2ccccc2-c2ccccc21. The van der Waals surface area contributed by atoms with E-state index in [9.17, 15) is 9.90 Å². The second kappa shape index (κ2) is 6.32. The summed E-state index contributed by atoms with van der Waals surface area (Å²) in [6, 6.07) is 24.3. The van der Waals surface area contributed by atoms with Gasteiger partial charge in [0.05, 0.1) is 21.1 Å². The van der Waals surface area contributed by atoms with Crippen molar-refractivity contribution in [3.8, 4) is 11.1 Å². The lowest BCUT2D eigenvalue weighted by Crippen LogP contribution is -2.24.